The molecule has 1 unspecified atom stereocenters. The Kier molecular flexibility index (Phi) is 7.62. The second kappa shape index (κ2) is 9.42. The highest BCUT2D eigenvalue weighted by Gasteiger charge is 2.47. The Balaban J connectivity index is 2.20. The molecule has 1 saturated carbocycles. The van der Waals surface area contributed by atoms with Crippen LogP contribution in [0, 0.1) is 11.7 Å². The van der Waals surface area contributed by atoms with Crippen molar-refractivity contribution in [3.05, 3.63) is 23.0 Å². The van der Waals surface area contributed by atoms with Gasteiger partial charge in [-0.1, -0.05) is 11.6 Å². The summed E-state index contributed by atoms with van der Waals surface area (Å²) in [6, 6.07) is 2.00. The van der Waals surface area contributed by atoms with E-state index in [1.54, 1.807) is 0 Å². The number of benzene rings is 1. The molecule has 6 nitrogen and oxygen atoms in total. The van der Waals surface area contributed by atoms with Crippen LogP contribution in [0.3, 0.4) is 0 Å². The number of amides is 1. The Bertz CT molecular complexity index is 845. The number of alkyl halides is 3. The smallest absolute Gasteiger partial charge is 0.392 e. The van der Waals surface area contributed by atoms with Crippen molar-refractivity contribution in [2.24, 2.45) is 5.92 Å². The Labute approximate surface area is 178 Å². The van der Waals surface area contributed by atoms with Gasteiger partial charge >= 0.3 is 18.1 Å². The van der Waals surface area contributed by atoms with Crippen LogP contribution in [-0.4, -0.2) is 41.0 Å². The summed E-state index contributed by atoms with van der Waals surface area (Å²) >= 11 is 7.07. The Hall–Kier alpha value is -2.01. The van der Waals surface area contributed by atoms with E-state index in [0.29, 0.717) is 12.8 Å². The minimum absolute atomic E-state index is 0.0373. The largest absolute Gasteiger partial charge is 0.481 e. The van der Waals surface area contributed by atoms with Gasteiger partial charge in [-0.25, -0.2) is 4.39 Å². The van der Waals surface area contributed by atoms with Gasteiger partial charge in [-0.3, -0.25) is 14.4 Å². The maximum absolute atomic E-state index is 14.2. The lowest BCUT2D eigenvalue weighted by Gasteiger charge is -2.38. The van der Waals surface area contributed by atoms with Gasteiger partial charge in [0.2, 0.25) is 5.91 Å². The number of aliphatic carboxylic acids is 1. The normalized spacial score (nSPS) is 16.3. The van der Waals surface area contributed by atoms with Crippen molar-refractivity contribution in [1.29, 1.82) is 0 Å². The summed E-state index contributed by atoms with van der Waals surface area (Å²) in [7, 11) is 1.23. The Morgan fingerprint density at radius 3 is 2.40 bits per heavy atom. The van der Waals surface area contributed by atoms with Gasteiger partial charge in [-0.2, -0.15) is 13.2 Å². The summed E-state index contributed by atoms with van der Waals surface area (Å²) in [6.07, 6.45) is -5.61. The number of esters is 1. The van der Waals surface area contributed by atoms with Gasteiger partial charge in [0.1, 0.15) is 10.6 Å². The monoisotopic (exact) mass is 471 g/mol. The minimum atomic E-state index is -4.91. The van der Waals surface area contributed by atoms with Crippen molar-refractivity contribution in [2.75, 3.05) is 12.4 Å². The van der Waals surface area contributed by atoms with Gasteiger partial charge in [-0.15, -0.1) is 11.8 Å². The predicted octanol–water partition coefficient (Wildman–Crippen LogP) is 4.65. The fourth-order valence-corrected chi connectivity index (χ4v) is 4.56. The van der Waals surface area contributed by atoms with Crippen molar-refractivity contribution in [3.63, 3.8) is 0 Å². The standard InChI is InChI=1S/C18H18ClF4NO5S/c1-29-16(28)17(3-2-4-17)30-13-8-12(11(20)7-10(13)19)24-14(25)5-9(6-15(26)27)18(21,22)23/h7-9H,2-6H2,1H3,(H,24,25)(H,26,27). The number of carboxylic acids is 1. The van der Waals surface area contributed by atoms with Crippen LogP contribution >= 0.6 is 23.4 Å². The molecule has 0 radical (unpaired) electrons. The third-order valence-electron chi connectivity index (χ3n) is 4.64. The maximum Gasteiger partial charge on any atom is 0.392 e. The summed E-state index contributed by atoms with van der Waals surface area (Å²) in [5.74, 6) is -6.81. The highest BCUT2D eigenvalue weighted by Crippen LogP contribution is 2.50. The topological polar surface area (TPSA) is 92.7 Å². The van der Waals surface area contributed by atoms with Crippen LogP contribution in [-0.2, 0) is 19.1 Å². The number of anilines is 1. The molecule has 0 spiro atoms. The van der Waals surface area contributed by atoms with E-state index in [2.05, 4.69) is 0 Å². The van der Waals surface area contributed by atoms with E-state index < -0.39 is 59.0 Å². The lowest BCUT2D eigenvalue weighted by atomic mass is 9.84. The molecule has 166 valence electrons. The first kappa shape index (κ1) is 24.3. The van der Waals surface area contributed by atoms with Crippen LogP contribution in [0.15, 0.2) is 17.0 Å². The number of nitrogens with one attached hydrogen (secondary N) is 1. The van der Waals surface area contributed by atoms with E-state index in [9.17, 15) is 31.9 Å². The summed E-state index contributed by atoms with van der Waals surface area (Å²) in [4.78, 5) is 35.0. The first-order valence-corrected chi connectivity index (χ1v) is 9.92. The van der Waals surface area contributed by atoms with Gasteiger partial charge in [-0.05, 0) is 31.4 Å². The first-order chi connectivity index (χ1) is 13.9. The van der Waals surface area contributed by atoms with E-state index >= 15 is 0 Å². The summed E-state index contributed by atoms with van der Waals surface area (Å²) in [5.41, 5.74) is -0.428. The molecule has 0 heterocycles. The number of rotatable bonds is 8. The number of carbonyl (C=O) groups excluding carboxylic acids is 2. The molecule has 0 aromatic heterocycles. The fraction of sp³-hybridized carbons (Fsp3) is 0.500. The molecule has 1 atom stereocenters. The fourth-order valence-electron chi connectivity index (χ4n) is 2.88. The lowest BCUT2D eigenvalue weighted by Crippen LogP contribution is -2.42. The third kappa shape index (κ3) is 5.78. The molecule has 1 fully saturated rings. The zero-order valence-corrected chi connectivity index (χ0v) is 17.2. The predicted molar refractivity (Wildman–Crippen MR) is 101 cm³/mol. The minimum Gasteiger partial charge on any atom is -0.481 e. The maximum atomic E-state index is 14.2. The molecule has 1 amide bonds. The van der Waals surface area contributed by atoms with Crippen LogP contribution in [0.2, 0.25) is 5.02 Å². The molecule has 2 N–H and O–H groups in total. The molecule has 1 aliphatic rings. The lowest BCUT2D eigenvalue weighted by molar-refractivity contribution is -0.185. The molecule has 2 rings (SSSR count). The quantitative estimate of drug-likeness (QED) is 0.423. The number of ether oxygens (including phenoxy) is 1. The molecule has 30 heavy (non-hydrogen) atoms. The summed E-state index contributed by atoms with van der Waals surface area (Å²) in [5, 5.41) is 10.6. The van der Waals surface area contributed by atoms with Gasteiger partial charge in [0.05, 0.1) is 30.2 Å². The molecule has 12 heteroatoms. The van der Waals surface area contributed by atoms with Crippen molar-refractivity contribution >= 4 is 46.9 Å². The number of methoxy groups -OCH3 is 1. The van der Waals surface area contributed by atoms with E-state index in [4.69, 9.17) is 21.4 Å². The average Bonchev–Trinajstić information content (AvgIpc) is 2.59. The van der Waals surface area contributed by atoms with E-state index in [1.165, 1.54) is 7.11 Å². The second-order valence-corrected chi connectivity index (χ2v) is 8.63. The third-order valence-corrected chi connectivity index (χ3v) is 6.58. The Morgan fingerprint density at radius 1 is 1.30 bits per heavy atom. The first-order valence-electron chi connectivity index (χ1n) is 8.73. The zero-order chi connectivity index (χ0) is 22.7. The van der Waals surface area contributed by atoms with Crippen molar-refractivity contribution in [3.8, 4) is 0 Å². The highest BCUT2D eigenvalue weighted by atomic mass is 35.5. The van der Waals surface area contributed by atoms with Crippen LogP contribution in [0.25, 0.3) is 0 Å². The van der Waals surface area contributed by atoms with Crippen molar-refractivity contribution in [2.45, 2.75) is 47.9 Å². The number of hydrogen-bond acceptors (Lipinski definition) is 5. The molecule has 1 aromatic carbocycles. The second-order valence-electron chi connectivity index (χ2n) is 6.79. The van der Waals surface area contributed by atoms with E-state index in [1.807, 2.05) is 5.32 Å². The van der Waals surface area contributed by atoms with Gasteiger partial charge in [0.15, 0.2) is 0 Å². The summed E-state index contributed by atoms with van der Waals surface area (Å²) in [6.45, 7) is 0. The summed E-state index contributed by atoms with van der Waals surface area (Å²) < 4.78 is 56.9. The molecule has 0 aliphatic heterocycles. The van der Waals surface area contributed by atoms with Crippen LogP contribution in [0.4, 0.5) is 23.2 Å². The average molecular weight is 472 g/mol. The van der Waals surface area contributed by atoms with E-state index in [-0.39, 0.29) is 9.92 Å². The van der Waals surface area contributed by atoms with E-state index in [0.717, 1.165) is 30.3 Å². The zero-order valence-electron chi connectivity index (χ0n) is 15.6. The van der Waals surface area contributed by atoms with Gasteiger partial charge in [0, 0.05) is 11.3 Å². The number of halogens is 5. The number of thioether (sulfide) groups is 1. The molecular formula is C18H18ClF4NO5S. The molecule has 0 bridgehead atoms. The van der Waals surface area contributed by atoms with Crippen molar-refractivity contribution < 1.29 is 41.8 Å². The number of carbonyl (C=O) groups is 3. The molecule has 0 saturated heterocycles. The Morgan fingerprint density at radius 2 is 1.93 bits per heavy atom. The molecule has 1 aromatic rings. The van der Waals surface area contributed by atoms with Crippen LogP contribution < -0.4 is 5.32 Å². The van der Waals surface area contributed by atoms with Crippen LogP contribution in [0.5, 0.6) is 0 Å². The van der Waals surface area contributed by atoms with Crippen LogP contribution in [0.1, 0.15) is 32.1 Å². The van der Waals surface area contributed by atoms with Gasteiger partial charge < -0.3 is 15.2 Å². The molecular weight excluding hydrogens is 454 g/mol. The van der Waals surface area contributed by atoms with Gasteiger partial charge in [0.25, 0.3) is 0 Å². The number of carboxylic acid groups (broad SMARTS) is 1. The van der Waals surface area contributed by atoms with Crippen molar-refractivity contribution in [1.82, 2.24) is 0 Å². The SMILES string of the molecule is COC(=O)C1(Sc2cc(NC(=O)CC(CC(=O)O)C(F)(F)F)c(F)cc2Cl)CCC1. The highest BCUT2D eigenvalue weighted by molar-refractivity contribution is 8.01. The number of hydrogen-bond donors (Lipinski definition) is 2. The molecule has 1 aliphatic carbocycles.